The van der Waals surface area contributed by atoms with E-state index < -0.39 is 28.7 Å². The molecule has 2 aromatic rings. The summed E-state index contributed by atoms with van der Waals surface area (Å²) in [6.07, 6.45) is -5.40. The number of carbonyl (C=O) groups is 1. The Labute approximate surface area is 196 Å². The largest absolute Gasteiger partial charge is 0.413 e. The highest BCUT2D eigenvalue weighted by molar-refractivity contribution is 9.10. The monoisotopic (exact) mass is 544 g/mol. The summed E-state index contributed by atoms with van der Waals surface area (Å²) in [4.78, 5) is 13.8. The third-order valence-corrected chi connectivity index (χ3v) is 7.18. The van der Waals surface area contributed by atoms with Crippen LogP contribution in [-0.2, 0) is 16.0 Å². The van der Waals surface area contributed by atoms with Crippen molar-refractivity contribution in [3.05, 3.63) is 62.0 Å². The molecule has 0 aliphatic carbocycles. The Bertz CT molecular complexity index is 909. The standard InChI is InChI=1S/C20H18BrCl2F3OS2/c1-18(2,3)29-16-5-4-11(6-15(16)21)7-17(27)19(28,20(24,25)26)12-8-13(22)10-14(23)9-12/h4-6,8-10,28H,7H2,1-3H3. The molecule has 0 aromatic heterocycles. The molecule has 1 unspecified atom stereocenters. The van der Waals surface area contributed by atoms with Crippen LogP contribution < -0.4 is 0 Å². The number of alkyl halides is 3. The first-order valence-electron chi connectivity index (χ1n) is 8.40. The van der Waals surface area contributed by atoms with E-state index in [1.54, 1.807) is 30.0 Å². The van der Waals surface area contributed by atoms with Gasteiger partial charge < -0.3 is 0 Å². The van der Waals surface area contributed by atoms with Gasteiger partial charge in [0, 0.05) is 30.6 Å². The van der Waals surface area contributed by atoms with E-state index in [1.165, 1.54) is 6.07 Å². The third kappa shape index (κ3) is 6.10. The number of thioether (sulfide) groups is 1. The number of rotatable bonds is 5. The lowest BCUT2D eigenvalue weighted by molar-refractivity contribution is -0.171. The molecule has 2 aromatic carbocycles. The second-order valence-corrected chi connectivity index (χ2v) is 11.7. The SMILES string of the molecule is CC(C)(C)Sc1ccc(CC(=O)C(S)(c2cc(Cl)cc(Cl)c2)C(F)(F)F)cc1Br. The van der Waals surface area contributed by atoms with Crippen molar-refractivity contribution in [3.63, 3.8) is 0 Å². The van der Waals surface area contributed by atoms with Crippen molar-refractivity contribution in [3.8, 4) is 0 Å². The van der Waals surface area contributed by atoms with E-state index in [-0.39, 0.29) is 14.8 Å². The fourth-order valence-electron chi connectivity index (χ4n) is 2.63. The van der Waals surface area contributed by atoms with Crippen molar-refractivity contribution in [2.24, 2.45) is 0 Å². The first-order chi connectivity index (χ1) is 13.1. The first-order valence-corrected chi connectivity index (χ1v) is 11.2. The number of hydrogen-bond donors (Lipinski definition) is 1. The van der Waals surface area contributed by atoms with Gasteiger partial charge in [0.05, 0.1) is 0 Å². The maximum Gasteiger partial charge on any atom is 0.413 e. The van der Waals surface area contributed by atoms with Crippen molar-refractivity contribution in [2.45, 2.75) is 47.8 Å². The molecule has 0 amide bonds. The molecule has 0 radical (unpaired) electrons. The molecular formula is C20H18BrCl2F3OS2. The Morgan fingerprint density at radius 1 is 1.07 bits per heavy atom. The molecule has 0 saturated carbocycles. The van der Waals surface area contributed by atoms with E-state index in [9.17, 15) is 18.0 Å². The molecule has 0 aliphatic rings. The number of thiol groups is 1. The first kappa shape index (κ1) is 24.9. The van der Waals surface area contributed by atoms with Gasteiger partial charge in [0.15, 0.2) is 10.5 Å². The molecule has 0 N–H and O–H groups in total. The third-order valence-electron chi connectivity index (χ3n) is 3.87. The van der Waals surface area contributed by atoms with Crippen molar-refractivity contribution in [1.82, 2.24) is 0 Å². The highest BCUT2D eigenvalue weighted by Gasteiger charge is 2.58. The zero-order valence-corrected chi connectivity index (χ0v) is 20.5. The van der Waals surface area contributed by atoms with E-state index in [0.717, 1.165) is 17.0 Å². The van der Waals surface area contributed by atoms with E-state index in [0.29, 0.717) is 10.0 Å². The summed E-state index contributed by atoms with van der Waals surface area (Å²) in [6, 6.07) is 8.50. The smallest absolute Gasteiger partial charge is 0.297 e. The Hall–Kier alpha value is -0.340. The fraction of sp³-hybridized carbons (Fsp3) is 0.350. The summed E-state index contributed by atoms with van der Waals surface area (Å²) >= 11 is 20.6. The predicted octanol–water partition coefficient (Wildman–Crippen LogP) is 8.15. The zero-order valence-electron chi connectivity index (χ0n) is 15.7. The van der Waals surface area contributed by atoms with Gasteiger partial charge in [0.25, 0.3) is 0 Å². The number of Topliss-reactive ketones (excluding diaryl/α,β-unsaturated/α-hetero) is 1. The van der Waals surface area contributed by atoms with Gasteiger partial charge in [-0.2, -0.15) is 25.8 Å². The molecule has 0 bridgehead atoms. The van der Waals surface area contributed by atoms with Crippen molar-refractivity contribution >= 4 is 69.3 Å². The van der Waals surface area contributed by atoms with Gasteiger partial charge in [0.1, 0.15) is 0 Å². The zero-order chi connectivity index (χ0) is 22.2. The number of halogens is 6. The molecule has 0 saturated heterocycles. The number of ketones is 1. The molecule has 1 nitrogen and oxygen atoms in total. The minimum atomic E-state index is -4.94. The quantitative estimate of drug-likeness (QED) is 0.301. The van der Waals surface area contributed by atoms with Crippen LogP contribution in [0.25, 0.3) is 0 Å². The fourth-order valence-corrected chi connectivity index (χ4v) is 4.98. The van der Waals surface area contributed by atoms with Crippen LogP contribution in [0.1, 0.15) is 31.9 Å². The topological polar surface area (TPSA) is 17.1 Å². The maximum atomic E-state index is 13.9. The van der Waals surface area contributed by atoms with Crippen LogP contribution in [-0.4, -0.2) is 16.7 Å². The average molecular weight is 546 g/mol. The number of benzene rings is 2. The highest BCUT2D eigenvalue weighted by Crippen LogP contribution is 2.47. The average Bonchev–Trinajstić information content (AvgIpc) is 2.53. The maximum absolute atomic E-state index is 13.9. The van der Waals surface area contributed by atoms with Crippen molar-refractivity contribution in [1.29, 1.82) is 0 Å². The normalized spacial score (nSPS) is 14.6. The molecular weight excluding hydrogens is 528 g/mol. The van der Waals surface area contributed by atoms with Gasteiger partial charge in [-0.15, -0.1) is 11.8 Å². The summed E-state index contributed by atoms with van der Waals surface area (Å²) in [5, 5.41) is -0.0106. The molecule has 0 aliphatic heterocycles. The minimum absolute atomic E-state index is 0.00530. The molecule has 0 spiro atoms. The van der Waals surface area contributed by atoms with E-state index in [4.69, 9.17) is 23.2 Å². The molecule has 158 valence electrons. The van der Waals surface area contributed by atoms with Gasteiger partial charge in [-0.1, -0.05) is 50.0 Å². The van der Waals surface area contributed by atoms with Gasteiger partial charge >= 0.3 is 6.18 Å². The lowest BCUT2D eigenvalue weighted by atomic mass is 9.89. The molecule has 29 heavy (non-hydrogen) atoms. The van der Waals surface area contributed by atoms with E-state index in [1.807, 2.05) is 0 Å². The summed E-state index contributed by atoms with van der Waals surface area (Å²) in [6.45, 7) is 6.16. The summed E-state index contributed by atoms with van der Waals surface area (Å²) < 4.78 is 39.5. The van der Waals surface area contributed by atoms with Gasteiger partial charge in [-0.3, -0.25) is 4.79 Å². The van der Waals surface area contributed by atoms with Crippen LogP contribution in [0.15, 0.2) is 45.8 Å². The molecule has 1 atom stereocenters. The van der Waals surface area contributed by atoms with Crippen LogP contribution in [0, 0.1) is 0 Å². The van der Waals surface area contributed by atoms with E-state index >= 15 is 0 Å². The van der Waals surface area contributed by atoms with Gasteiger partial charge in [-0.25, -0.2) is 0 Å². The van der Waals surface area contributed by atoms with Crippen LogP contribution >= 0.6 is 63.5 Å². The second kappa shape index (κ2) is 9.03. The summed E-state index contributed by atoms with van der Waals surface area (Å²) in [5.41, 5.74) is 0.0331. The van der Waals surface area contributed by atoms with Crippen LogP contribution in [0.3, 0.4) is 0 Å². The van der Waals surface area contributed by atoms with Crippen LogP contribution in [0.4, 0.5) is 13.2 Å². The summed E-state index contributed by atoms with van der Waals surface area (Å²) in [5.74, 6) is -1.12. The Kier molecular flexibility index (Phi) is 7.76. The second-order valence-electron chi connectivity index (χ2n) is 7.45. The number of carbonyl (C=O) groups excluding carboxylic acids is 1. The van der Waals surface area contributed by atoms with Crippen LogP contribution in [0.5, 0.6) is 0 Å². The molecule has 9 heteroatoms. The lowest BCUT2D eigenvalue weighted by Crippen LogP contribution is -2.45. The number of hydrogen-bond acceptors (Lipinski definition) is 3. The van der Waals surface area contributed by atoms with Crippen molar-refractivity contribution in [2.75, 3.05) is 0 Å². The minimum Gasteiger partial charge on any atom is -0.297 e. The van der Waals surface area contributed by atoms with Crippen molar-refractivity contribution < 1.29 is 18.0 Å². The lowest BCUT2D eigenvalue weighted by Gasteiger charge is -2.30. The molecule has 0 fully saturated rings. The van der Waals surface area contributed by atoms with E-state index in [2.05, 4.69) is 49.3 Å². The summed E-state index contributed by atoms with van der Waals surface area (Å²) in [7, 11) is 0. The Balaban J connectivity index is 2.40. The van der Waals surface area contributed by atoms with Crippen LogP contribution in [0.2, 0.25) is 10.0 Å². The Morgan fingerprint density at radius 2 is 1.62 bits per heavy atom. The Morgan fingerprint density at radius 3 is 2.07 bits per heavy atom. The highest BCUT2D eigenvalue weighted by atomic mass is 79.9. The molecule has 0 heterocycles. The van der Waals surface area contributed by atoms with Gasteiger partial charge in [0.2, 0.25) is 0 Å². The van der Waals surface area contributed by atoms with Gasteiger partial charge in [-0.05, 0) is 57.4 Å². The predicted molar refractivity (Wildman–Crippen MR) is 122 cm³/mol. The molecule has 2 rings (SSSR count).